The third-order valence-corrected chi connectivity index (χ3v) is 3.48. The van der Waals surface area contributed by atoms with E-state index in [-0.39, 0.29) is 11.8 Å². The summed E-state index contributed by atoms with van der Waals surface area (Å²) in [6, 6.07) is -0.0643. The summed E-state index contributed by atoms with van der Waals surface area (Å²) in [5.41, 5.74) is 0. The smallest absolute Gasteiger partial charge is 0.159 e. The van der Waals surface area contributed by atoms with Crippen molar-refractivity contribution >= 4 is 5.78 Å². The van der Waals surface area contributed by atoms with E-state index in [0.29, 0.717) is 5.92 Å². The number of aliphatic hydroxyl groups excluding tert-OH is 1. The van der Waals surface area contributed by atoms with Gasteiger partial charge in [0.15, 0.2) is 5.78 Å². The second-order valence-corrected chi connectivity index (χ2v) is 4.69. The summed E-state index contributed by atoms with van der Waals surface area (Å²) in [5.74, 6) is 0.551. The van der Waals surface area contributed by atoms with Crippen LogP contribution in [0.2, 0.25) is 0 Å². The van der Waals surface area contributed by atoms with Crippen molar-refractivity contribution in [1.29, 1.82) is 0 Å². The number of rotatable bonds is 5. The second kappa shape index (κ2) is 6.23. The van der Waals surface area contributed by atoms with E-state index in [4.69, 9.17) is 0 Å². The number of ketones is 1. The molecule has 2 unspecified atom stereocenters. The fourth-order valence-corrected chi connectivity index (χ4v) is 2.47. The largest absolute Gasteiger partial charge is 0.384 e. The van der Waals surface area contributed by atoms with Crippen molar-refractivity contribution in [1.82, 2.24) is 5.32 Å². The number of carbonyl (C=O) groups is 1. The number of hydrogen-bond donors (Lipinski definition) is 2. The molecule has 3 nitrogen and oxygen atoms in total. The van der Waals surface area contributed by atoms with E-state index in [0.717, 1.165) is 6.42 Å². The summed E-state index contributed by atoms with van der Waals surface area (Å²) >= 11 is 0. The van der Waals surface area contributed by atoms with Gasteiger partial charge in [0, 0.05) is 6.04 Å². The van der Waals surface area contributed by atoms with Gasteiger partial charge < -0.3 is 10.4 Å². The monoisotopic (exact) mass is 213 g/mol. The number of Topliss-reactive ketones (excluding diaryl/α,β-unsaturated/α-hetero) is 1. The first kappa shape index (κ1) is 12.7. The van der Waals surface area contributed by atoms with Gasteiger partial charge in [0.1, 0.15) is 6.10 Å². The normalized spacial score (nSPS) is 22.3. The highest BCUT2D eigenvalue weighted by molar-refractivity contribution is 5.80. The Morgan fingerprint density at radius 1 is 1.40 bits per heavy atom. The Labute approximate surface area is 92.3 Å². The van der Waals surface area contributed by atoms with E-state index in [9.17, 15) is 9.90 Å². The second-order valence-electron chi connectivity index (χ2n) is 4.69. The standard InChI is InChI=1S/C12H23NO2/c1-9(14)12(15)11(13-2)8-10-6-4-3-5-7-10/h10-13,15H,3-8H2,1-2H3. The number of nitrogens with one attached hydrogen (secondary N) is 1. The molecule has 0 saturated heterocycles. The lowest BCUT2D eigenvalue weighted by atomic mass is 9.83. The van der Waals surface area contributed by atoms with Crippen molar-refractivity contribution in [3.05, 3.63) is 0 Å². The highest BCUT2D eigenvalue weighted by Gasteiger charge is 2.25. The highest BCUT2D eigenvalue weighted by Crippen LogP contribution is 2.27. The van der Waals surface area contributed by atoms with Gasteiger partial charge in [-0.1, -0.05) is 32.1 Å². The molecule has 0 aromatic carbocycles. The first-order valence-corrected chi connectivity index (χ1v) is 6.01. The van der Waals surface area contributed by atoms with Crippen molar-refractivity contribution in [2.75, 3.05) is 7.05 Å². The zero-order valence-corrected chi connectivity index (χ0v) is 9.83. The predicted molar refractivity (Wildman–Crippen MR) is 60.7 cm³/mol. The van der Waals surface area contributed by atoms with Crippen molar-refractivity contribution in [3.8, 4) is 0 Å². The molecule has 0 spiro atoms. The number of aliphatic hydroxyl groups is 1. The van der Waals surface area contributed by atoms with Crippen molar-refractivity contribution < 1.29 is 9.90 Å². The topological polar surface area (TPSA) is 49.3 Å². The SMILES string of the molecule is CNC(CC1CCCCC1)C(O)C(C)=O. The fraction of sp³-hybridized carbons (Fsp3) is 0.917. The van der Waals surface area contributed by atoms with E-state index in [2.05, 4.69) is 5.32 Å². The lowest BCUT2D eigenvalue weighted by molar-refractivity contribution is -0.126. The third-order valence-electron chi connectivity index (χ3n) is 3.48. The maximum atomic E-state index is 11.1. The molecule has 1 aliphatic rings. The first-order chi connectivity index (χ1) is 7.15. The van der Waals surface area contributed by atoms with Crippen LogP contribution in [0.15, 0.2) is 0 Å². The van der Waals surface area contributed by atoms with Crippen molar-refractivity contribution in [2.24, 2.45) is 5.92 Å². The molecule has 1 saturated carbocycles. The molecule has 1 aliphatic carbocycles. The quantitative estimate of drug-likeness (QED) is 0.727. The van der Waals surface area contributed by atoms with Gasteiger partial charge in [0.05, 0.1) is 0 Å². The van der Waals surface area contributed by atoms with Crippen LogP contribution in [0.1, 0.15) is 45.4 Å². The minimum atomic E-state index is -0.836. The number of hydrogen-bond acceptors (Lipinski definition) is 3. The molecule has 88 valence electrons. The van der Waals surface area contributed by atoms with Gasteiger partial charge in [-0.25, -0.2) is 0 Å². The van der Waals surface area contributed by atoms with Crippen LogP contribution < -0.4 is 5.32 Å². The summed E-state index contributed by atoms with van der Waals surface area (Å²) in [5, 5.41) is 12.8. The van der Waals surface area contributed by atoms with Crippen LogP contribution in [-0.4, -0.2) is 30.1 Å². The number of carbonyl (C=O) groups excluding carboxylic acids is 1. The van der Waals surface area contributed by atoms with Crippen LogP contribution in [0, 0.1) is 5.92 Å². The molecule has 2 atom stereocenters. The Morgan fingerprint density at radius 2 is 2.00 bits per heavy atom. The Hall–Kier alpha value is -0.410. The molecule has 1 rings (SSSR count). The van der Waals surface area contributed by atoms with Crippen molar-refractivity contribution in [3.63, 3.8) is 0 Å². The van der Waals surface area contributed by atoms with Crippen molar-refractivity contribution in [2.45, 2.75) is 57.6 Å². The average molecular weight is 213 g/mol. The summed E-state index contributed by atoms with van der Waals surface area (Å²) < 4.78 is 0. The van der Waals surface area contributed by atoms with Gasteiger partial charge in [-0.15, -0.1) is 0 Å². The maximum Gasteiger partial charge on any atom is 0.159 e. The van der Waals surface area contributed by atoms with Gasteiger partial charge in [-0.05, 0) is 26.3 Å². The summed E-state index contributed by atoms with van der Waals surface area (Å²) in [6.07, 6.45) is 6.55. The van der Waals surface area contributed by atoms with Crippen LogP contribution in [0.4, 0.5) is 0 Å². The minimum absolute atomic E-state index is 0.0643. The average Bonchev–Trinajstić information content (AvgIpc) is 2.26. The summed E-state index contributed by atoms with van der Waals surface area (Å²) in [4.78, 5) is 11.1. The molecule has 0 aromatic rings. The first-order valence-electron chi connectivity index (χ1n) is 6.01. The van der Waals surface area contributed by atoms with Crippen LogP contribution in [0.5, 0.6) is 0 Å². The summed E-state index contributed by atoms with van der Waals surface area (Å²) in [6.45, 7) is 1.45. The third kappa shape index (κ3) is 3.92. The van der Waals surface area contributed by atoms with Gasteiger partial charge in [-0.3, -0.25) is 4.79 Å². The minimum Gasteiger partial charge on any atom is -0.384 e. The summed E-state index contributed by atoms with van der Waals surface area (Å²) in [7, 11) is 1.82. The van der Waals surface area contributed by atoms with E-state index < -0.39 is 6.10 Å². The molecule has 1 fully saturated rings. The van der Waals surface area contributed by atoms with E-state index in [1.54, 1.807) is 0 Å². The van der Waals surface area contributed by atoms with E-state index in [1.807, 2.05) is 7.05 Å². The van der Waals surface area contributed by atoms with Gasteiger partial charge in [0.25, 0.3) is 0 Å². The Kier molecular flexibility index (Phi) is 5.26. The number of likely N-dealkylation sites (N-methyl/N-ethyl adjacent to an activating group) is 1. The lowest BCUT2D eigenvalue weighted by Gasteiger charge is -2.28. The molecule has 0 amide bonds. The van der Waals surface area contributed by atoms with Gasteiger partial charge >= 0.3 is 0 Å². The molecule has 0 radical (unpaired) electrons. The lowest BCUT2D eigenvalue weighted by Crippen LogP contribution is -2.43. The Bertz CT molecular complexity index is 200. The maximum absolute atomic E-state index is 11.1. The molecule has 15 heavy (non-hydrogen) atoms. The van der Waals surface area contributed by atoms with Crippen LogP contribution in [-0.2, 0) is 4.79 Å². The molecular formula is C12H23NO2. The highest BCUT2D eigenvalue weighted by atomic mass is 16.3. The molecule has 0 bridgehead atoms. The van der Waals surface area contributed by atoms with Crippen LogP contribution in [0.3, 0.4) is 0 Å². The molecule has 0 heterocycles. The van der Waals surface area contributed by atoms with Gasteiger partial charge in [0.2, 0.25) is 0 Å². The molecule has 2 N–H and O–H groups in total. The zero-order valence-electron chi connectivity index (χ0n) is 9.83. The molecule has 0 aliphatic heterocycles. The Morgan fingerprint density at radius 3 is 2.47 bits per heavy atom. The van der Waals surface area contributed by atoms with Crippen LogP contribution in [0.25, 0.3) is 0 Å². The predicted octanol–water partition coefficient (Wildman–Crippen LogP) is 1.49. The fourth-order valence-electron chi connectivity index (χ4n) is 2.47. The van der Waals surface area contributed by atoms with Crippen LogP contribution >= 0.6 is 0 Å². The zero-order chi connectivity index (χ0) is 11.3. The molecule has 3 heteroatoms. The molecule has 0 aromatic heterocycles. The van der Waals surface area contributed by atoms with E-state index >= 15 is 0 Å². The Balaban J connectivity index is 2.41. The van der Waals surface area contributed by atoms with E-state index in [1.165, 1.54) is 39.0 Å². The van der Waals surface area contributed by atoms with Gasteiger partial charge in [-0.2, -0.15) is 0 Å². The molecular weight excluding hydrogens is 190 g/mol.